The molecule has 53 heavy (non-hydrogen) atoms. The number of nitrogens with one attached hydrogen (secondary N) is 3. The standard InChI is InChI=1S/C39H53Cl2N5O7/c1-5-10-27(32(49)36(51)42-26-15-16-26)43-35(50)29-21-39(20-28(45-53-39)25-14-9-13-24(17-25)18-30(47)34(40)41)22-46(29)37(52)33(38(2,3)4)44-31(48)19-23-11-7-6-8-12-23/h9,13-14,17,23,26-27,29,33-34H,5-8,10-12,15-16,18-22H2,1-4H3,(H,42,51)(H,43,50)(H,44,48)/t27-,29-,33+,39+/m0/s1. The highest BCUT2D eigenvalue weighted by Crippen LogP contribution is 2.40. The van der Waals surface area contributed by atoms with Gasteiger partial charge in [0.25, 0.3) is 5.91 Å². The van der Waals surface area contributed by atoms with E-state index >= 15 is 0 Å². The van der Waals surface area contributed by atoms with Crippen molar-refractivity contribution in [2.45, 2.75) is 146 Å². The molecular formula is C39H53Cl2N5O7. The molecule has 1 saturated heterocycles. The minimum Gasteiger partial charge on any atom is -0.387 e. The van der Waals surface area contributed by atoms with Gasteiger partial charge in [-0.2, -0.15) is 0 Å². The second-order valence-electron chi connectivity index (χ2n) is 16.4. The number of carbonyl (C=O) groups is 6. The summed E-state index contributed by atoms with van der Waals surface area (Å²) in [5.41, 5.74) is 0.177. The smallest absolute Gasteiger partial charge is 0.289 e. The Bertz CT molecular complexity index is 1600. The molecule has 4 aliphatic rings. The Kier molecular flexibility index (Phi) is 13.3. The molecule has 0 aromatic heterocycles. The maximum Gasteiger partial charge on any atom is 0.289 e. The van der Waals surface area contributed by atoms with Gasteiger partial charge in [-0.15, -0.1) is 0 Å². The van der Waals surface area contributed by atoms with Crippen LogP contribution in [0.3, 0.4) is 0 Å². The average Bonchev–Trinajstić information content (AvgIpc) is 3.70. The number of hydrogen-bond acceptors (Lipinski definition) is 8. The number of rotatable bonds is 15. The van der Waals surface area contributed by atoms with Gasteiger partial charge in [0.05, 0.1) is 18.3 Å². The number of halogens is 2. The molecule has 1 spiro atoms. The number of ketones is 2. The SMILES string of the molecule is CCC[C@H](NC(=O)[C@@H]1C[C@]2(CC(c3cccc(CC(=O)C(Cl)Cl)c3)=NO2)CN1C(=O)[C@@H](NC(=O)CC1CCCCC1)C(C)(C)C)C(=O)C(=O)NC1CC1. The molecule has 2 heterocycles. The highest BCUT2D eigenvalue weighted by atomic mass is 35.5. The van der Waals surface area contributed by atoms with E-state index in [0.29, 0.717) is 29.7 Å². The molecule has 5 rings (SSSR count). The zero-order valence-electron chi connectivity index (χ0n) is 31.2. The lowest BCUT2D eigenvalue weighted by atomic mass is 9.84. The molecule has 290 valence electrons. The number of hydrogen-bond donors (Lipinski definition) is 3. The molecule has 0 radical (unpaired) electrons. The molecule has 3 N–H and O–H groups in total. The van der Waals surface area contributed by atoms with Gasteiger partial charge in [-0.25, -0.2) is 0 Å². The van der Waals surface area contributed by atoms with Crippen molar-refractivity contribution in [1.29, 1.82) is 0 Å². The molecule has 0 bridgehead atoms. The average molecular weight is 775 g/mol. The first-order valence-electron chi connectivity index (χ1n) is 19.0. The van der Waals surface area contributed by atoms with Crippen LogP contribution in [0.4, 0.5) is 0 Å². The molecule has 4 atom stereocenters. The lowest BCUT2D eigenvalue weighted by Gasteiger charge is -2.36. The van der Waals surface area contributed by atoms with Gasteiger partial charge < -0.3 is 25.7 Å². The first-order valence-corrected chi connectivity index (χ1v) is 19.9. The molecule has 0 unspecified atom stereocenters. The fourth-order valence-corrected chi connectivity index (χ4v) is 7.73. The monoisotopic (exact) mass is 773 g/mol. The Morgan fingerprint density at radius 2 is 1.74 bits per heavy atom. The van der Waals surface area contributed by atoms with E-state index in [1.165, 1.54) is 11.3 Å². The van der Waals surface area contributed by atoms with Gasteiger partial charge in [-0.1, -0.05) is 99.9 Å². The summed E-state index contributed by atoms with van der Waals surface area (Å²) in [5, 5.41) is 12.9. The first kappa shape index (κ1) is 40.7. The molecule has 2 aliphatic heterocycles. The van der Waals surface area contributed by atoms with Crippen LogP contribution in [0, 0.1) is 11.3 Å². The van der Waals surface area contributed by atoms with Crippen molar-refractivity contribution in [1.82, 2.24) is 20.9 Å². The van der Waals surface area contributed by atoms with Crippen molar-refractivity contribution < 1.29 is 33.6 Å². The minimum absolute atomic E-state index is 0.00505. The van der Waals surface area contributed by atoms with E-state index in [-0.39, 0.29) is 55.9 Å². The number of Topliss-reactive ketones (excluding diaryl/α,β-unsaturated/α-hetero) is 2. The van der Waals surface area contributed by atoms with Crippen LogP contribution in [-0.2, 0) is 40.0 Å². The summed E-state index contributed by atoms with van der Waals surface area (Å²) in [6.07, 6.45) is 8.37. The largest absolute Gasteiger partial charge is 0.387 e. The molecular weight excluding hydrogens is 721 g/mol. The maximum atomic E-state index is 14.7. The summed E-state index contributed by atoms with van der Waals surface area (Å²) >= 11 is 11.6. The van der Waals surface area contributed by atoms with Crippen LogP contribution in [0.15, 0.2) is 29.4 Å². The first-order chi connectivity index (χ1) is 25.1. The van der Waals surface area contributed by atoms with E-state index in [4.69, 9.17) is 28.0 Å². The third kappa shape index (κ3) is 10.6. The summed E-state index contributed by atoms with van der Waals surface area (Å²) in [6, 6.07) is 4.09. The minimum atomic E-state index is -1.15. The number of nitrogens with zero attached hydrogens (tertiary/aromatic N) is 2. The fraction of sp³-hybridized carbons (Fsp3) is 0.667. The molecule has 1 aromatic carbocycles. The molecule has 2 saturated carbocycles. The third-order valence-electron chi connectivity index (χ3n) is 10.7. The van der Waals surface area contributed by atoms with Gasteiger partial charge >= 0.3 is 0 Å². The van der Waals surface area contributed by atoms with Crippen LogP contribution < -0.4 is 16.0 Å². The quantitative estimate of drug-likeness (QED) is 0.172. The van der Waals surface area contributed by atoms with Gasteiger partial charge in [0.1, 0.15) is 12.1 Å². The number of alkyl halides is 2. The molecule has 2 aliphatic carbocycles. The van der Waals surface area contributed by atoms with Crippen LogP contribution in [0.5, 0.6) is 0 Å². The lowest BCUT2D eigenvalue weighted by Crippen LogP contribution is -2.59. The number of amides is 4. The van der Waals surface area contributed by atoms with Gasteiger partial charge in [-0.05, 0) is 60.6 Å². The summed E-state index contributed by atoms with van der Waals surface area (Å²) in [7, 11) is 0. The zero-order valence-corrected chi connectivity index (χ0v) is 32.7. The summed E-state index contributed by atoms with van der Waals surface area (Å²) in [4.78, 5) is 86.9. The predicted molar refractivity (Wildman–Crippen MR) is 201 cm³/mol. The van der Waals surface area contributed by atoms with E-state index in [2.05, 4.69) is 21.1 Å². The van der Waals surface area contributed by atoms with Gasteiger partial charge in [0.15, 0.2) is 16.2 Å². The second kappa shape index (κ2) is 17.3. The predicted octanol–water partition coefficient (Wildman–Crippen LogP) is 4.70. The lowest BCUT2D eigenvalue weighted by molar-refractivity contribution is -0.145. The van der Waals surface area contributed by atoms with Gasteiger partial charge in [0.2, 0.25) is 23.5 Å². The van der Waals surface area contributed by atoms with Gasteiger partial charge in [0, 0.05) is 31.7 Å². The van der Waals surface area contributed by atoms with E-state index in [9.17, 15) is 28.8 Å². The van der Waals surface area contributed by atoms with Crippen LogP contribution in [0.25, 0.3) is 0 Å². The Morgan fingerprint density at radius 3 is 2.38 bits per heavy atom. The fourth-order valence-electron chi connectivity index (χ4n) is 7.58. The zero-order chi connectivity index (χ0) is 38.5. The highest BCUT2D eigenvalue weighted by Gasteiger charge is 2.55. The molecule has 4 amide bonds. The van der Waals surface area contributed by atoms with E-state index in [1.54, 1.807) is 12.1 Å². The van der Waals surface area contributed by atoms with Crippen molar-refractivity contribution in [3.05, 3.63) is 35.4 Å². The molecule has 3 fully saturated rings. The normalized spacial score (nSPS) is 22.9. The number of carbonyl (C=O) groups excluding carboxylic acids is 6. The van der Waals surface area contributed by atoms with Crippen molar-refractivity contribution in [2.24, 2.45) is 16.5 Å². The Hall–Kier alpha value is -3.51. The number of benzene rings is 1. The number of likely N-dealkylation sites (tertiary alicyclic amines) is 1. The Morgan fingerprint density at radius 1 is 1.02 bits per heavy atom. The topological polar surface area (TPSA) is 163 Å². The van der Waals surface area contributed by atoms with Gasteiger partial charge in [-0.3, -0.25) is 28.8 Å². The molecule has 14 heteroatoms. The Labute approximate surface area is 321 Å². The summed E-state index contributed by atoms with van der Waals surface area (Å²) in [5.74, 6) is -2.76. The van der Waals surface area contributed by atoms with Crippen molar-refractivity contribution in [3.63, 3.8) is 0 Å². The molecule has 12 nitrogen and oxygen atoms in total. The summed E-state index contributed by atoms with van der Waals surface area (Å²) in [6.45, 7) is 7.46. The van der Waals surface area contributed by atoms with Crippen LogP contribution in [-0.4, -0.2) is 87.0 Å². The maximum absolute atomic E-state index is 14.7. The van der Waals surface area contributed by atoms with Crippen molar-refractivity contribution in [3.8, 4) is 0 Å². The Balaban J connectivity index is 1.39. The van der Waals surface area contributed by atoms with Crippen molar-refractivity contribution in [2.75, 3.05) is 6.54 Å². The number of oxime groups is 1. The highest BCUT2D eigenvalue weighted by molar-refractivity contribution is 6.53. The third-order valence-corrected chi connectivity index (χ3v) is 11.2. The van der Waals surface area contributed by atoms with E-state index in [1.807, 2.05) is 39.8 Å². The van der Waals surface area contributed by atoms with E-state index in [0.717, 1.165) is 38.5 Å². The van der Waals surface area contributed by atoms with Crippen LogP contribution in [0.1, 0.15) is 116 Å². The van der Waals surface area contributed by atoms with E-state index < -0.39 is 57.5 Å². The van der Waals surface area contributed by atoms with Crippen molar-refractivity contribution >= 4 is 64.1 Å². The molecule has 1 aromatic rings. The summed E-state index contributed by atoms with van der Waals surface area (Å²) < 4.78 is 0. The van der Waals surface area contributed by atoms with Crippen LogP contribution >= 0.6 is 23.2 Å². The second-order valence-corrected chi connectivity index (χ2v) is 17.5. The van der Waals surface area contributed by atoms with Crippen LogP contribution in [0.2, 0.25) is 0 Å².